The number of hydrogen-bond acceptors (Lipinski definition) is 10. The van der Waals surface area contributed by atoms with E-state index in [9.17, 15) is 44.9 Å². The van der Waals surface area contributed by atoms with Crippen LogP contribution in [0.2, 0.25) is 0 Å². The van der Waals surface area contributed by atoms with E-state index in [1.54, 1.807) is 6.08 Å². The average Bonchev–Trinajstić information content (AvgIpc) is 3.35. The summed E-state index contributed by atoms with van der Waals surface area (Å²) in [5.41, 5.74) is 0. The predicted octanol–water partition coefficient (Wildman–Crippen LogP) is 13.9. The van der Waals surface area contributed by atoms with Crippen LogP contribution >= 0.6 is 7.82 Å². The van der Waals surface area contributed by atoms with Crippen LogP contribution in [0.5, 0.6) is 0 Å². The maximum atomic E-state index is 13.0. The lowest BCUT2D eigenvalue weighted by Gasteiger charge is -2.41. The molecule has 1 aliphatic rings. The van der Waals surface area contributed by atoms with Gasteiger partial charge in [0.15, 0.2) is 0 Å². The van der Waals surface area contributed by atoms with E-state index in [0.29, 0.717) is 6.42 Å². The molecule has 9 atom stereocenters. The van der Waals surface area contributed by atoms with Crippen LogP contribution in [0.4, 0.5) is 0 Å². The first-order valence-electron chi connectivity index (χ1n) is 30.1. The molecule has 1 saturated carbocycles. The van der Waals surface area contributed by atoms with Crippen LogP contribution in [0.1, 0.15) is 296 Å². The second kappa shape index (κ2) is 47.5. The van der Waals surface area contributed by atoms with Crippen molar-refractivity contribution in [1.82, 2.24) is 5.32 Å². The number of carbonyl (C=O) groups is 1. The fraction of sp³-hybridized carbons (Fsp3) is 0.948. The predicted molar refractivity (Wildman–Crippen MR) is 292 cm³/mol. The minimum absolute atomic E-state index is 0.219. The third-order valence-corrected chi connectivity index (χ3v) is 15.8. The number of aliphatic hydroxyl groups is 6. The highest BCUT2D eigenvalue weighted by atomic mass is 31.2. The lowest BCUT2D eigenvalue weighted by Crippen LogP contribution is -2.64. The lowest BCUT2D eigenvalue weighted by molar-refractivity contribution is -0.220. The second-order valence-electron chi connectivity index (χ2n) is 21.6. The number of aliphatic hydroxyl groups excluding tert-OH is 6. The largest absolute Gasteiger partial charge is 0.472 e. The summed E-state index contributed by atoms with van der Waals surface area (Å²) in [6, 6.07) is -1.11. The molecule has 6 unspecified atom stereocenters. The smallest absolute Gasteiger partial charge is 0.387 e. The van der Waals surface area contributed by atoms with Crippen LogP contribution in [0, 0.1) is 0 Å². The van der Waals surface area contributed by atoms with Crippen molar-refractivity contribution in [1.29, 1.82) is 0 Å². The monoisotopic (exact) mass is 1030 g/mol. The van der Waals surface area contributed by atoms with Crippen LogP contribution in [-0.4, -0.2) is 96.8 Å². The molecule has 0 aliphatic heterocycles. The van der Waals surface area contributed by atoms with E-state index < -0.39 is 63.2 Å². The van der Waals surface area contributed by atoms with Gasteiger partial charge in [-0.1, -0.05) is 283 Å². The van der Waals surface area contributed by atoms with Gasteiger partial charge in [-0.3, -0.25) is 13.8 Å². The van der Waals surface area contributed by atoms with E-state index >= 15 is 0 Å². The number of nitrogens with one attached hydrogen (secondary N) is 1. The molecule has 0 aromatic rings. The number of phosphoric acid groups is 1. The van der Waals surface area contributed by atoms with Crippen molar-refractivity contribution in [2.24, 2.45) is 0 Å². The Morgan fingerprint density at radius 1 is 0.465 bits per heavy atom. The number of allylic oxidation sites excluding steroid dienone is 1. The number of unbranched alkanes of at least 4 members (excludes halogenated alkanes) is 41. The van der Waals surface area contributed by atoms with Gasteiger partial charge in [-0.2, -0.15) is 0 Å². The molecule has 0 saturated heterocycles. The van der Waals surface area contributed by atoms with Crippen LogP contribution < -0.4 is 5.32 Å². The molecule has 13 heteroatoms. The van der Waals surface area contributed by atoms with Gasteiger partial charge < -0.3 is 40.8 Å². The normalized spacial score (nSPS) is 21.2. The van der Waals surface area contributed by atoms with Gasteiger partial charge in [0.2, 0.25) is 5.91 Å². The first-order valence-corrected chi connectivity index (χ1v) is 31.6. The summed E-state index contributed by atoms with van der Waals surface area (Å²) in [4.78, 5) is 23.5. The van der Waals surface area contributed by atoms with E-state index in [1.165, 1.54) is 225 Å². The van der Waals surface area contributed by atoms with E-state index in [1.807, 2.05) is 6.08 Å². The number of hydrogen-bond donors (Lipinski definition) is 8. The van der Waals surface area contributed by atoms with Crippen molar-refractivity contribution >= 4 is 13.7 Å². The number of amides is 1. The second-order valence-corrected chi connectivity index (χ2v) is 23.0. The SMILES string of the molecule is CCCCCCCCCCCCCCC/C=C/[C@@H](O)[C@H](COP(=O)(O)OC1C(O)C(O)C(O)[C@@H](O)C1O)NC(=O)CCCCCCCCCCCCCCCCCCCCCCCCCCCCCCC. The highest BCUT2D eigenvalue weighted by molar-refractivity contribution is 7.47. The zero-order valence-electron chi connectivity index (χ0n) is 45.8. The maximum absolute atomic E-state index is 13.0. The van der Waals surface area contributed by atoms with Gasteiger partial charge in [-0.05, 0) is 19.3 Å². The fourth-order valence-electron chi connectivity index (χ4n) is 9.97. The standard InChI is InChI=1S/C58H114NO11P/c1-3-5-7-9-11-13-15-17-19-20-21-22-23-24-25-26-27-28-29-30-31-32-34-36-38-40-42-44-46-48-52(61)59-50(49-69-71(67,68)70-58-56(65)54(63)53(62)55(64)57(58)66)51(60)47-45-43-41-39-37-35-33-18-16-14-12-10-8-6-4-2/h45,47,50-51,53-58,60,62-66H,3-44,46,48-49H2,1-2H3,(H,59,61)(H,67,68)/b47-45+/t50-,51+,53?,54+,55?,56?,57?,58?/m0/s1. The number of carbonyl (C=O) groups excluding carboxylic acids is 1. The summed E-state index contributed by atoms with van der Waals surface area (Å²) < 4.78 is 23.0. The molecule has 422 valence electrons. The number of rotatable bonds is 52. The molecule has 1 rings (SSSR count). The van der Waals surface area contributed by atoms with Crippen molar-refractivity contribution in [3.63, 3.8) is 0 Å². The van der Waals surface area contributed by atoms with Gasteiger partial charge in [0, 0.05) is 6.42 Å². The maximum Gasteiger partial charge on any atom is 0.472 e. The Labute approximate surface area is 435 Å². The summed E-state index contributed by atoms with van der Waals surface area (Å²) in [6.45, 7) is 3.89. The fourth-order valence-corrected chi connectivity index (χ4v) is 10.9. The van der Waals surface area contributed by atoms with Gasteiger partial charge in [-0.15, -0.1) is 0 Å². The van der Waals surface area contributed by atoms with Crippen LogP contribution in [0.3, 0.4) is 0 Å². The minimum atomic E-state index is -5.08. The zero-order chi connectivity index (χ0) is 52.1. The molecule has 8 N–H and O–H groups in total. The molecular weight excluding hydrogens is 918 g/mol. The molecule has 12 nitrogen and oxygen atoms in total. The van der Waals surface area contributed by atoms with Crippen molar-refractivity contribution in [3.05, 3.63) is 12.2 Å². The number of phosphoric ester groups is 1. The Bertz CT molecular complexity index is 1250. The summed E-state index contributed by atoms with van der Waals surface area (Å²) in [6.07, 6.45) is 45.9. The third kappa shape index (κ3) is 38.3. The summed E-state index contributed by atoms with van der Waals surface area (Å²) in [5, 5.41) is 64.3. The first kappa shape index (κ1) is 68.1. The highest BCUT2D eigenvalue weighted by Crippen LogP contribution is 2.47. The topological polar surface area (TPSA) is 206 Å². The molecule has 1 aliphatic carbocycles. The van der Waals surface area contributed by atoms with Crippen LogP contribution in [0.25, 0.3) is 0 Å². The first-order chi connectivity index (χ1) is 34.4. The van der Waals surface area contributed by atoms with E-state index in [2.05, 4.69) is 19.2 Å². The van der Waals surface area contributed by atoms with Crippen molar-refractivity contribution in [2.45, 2.75) is 345 Å². The van der Waals surface area contributed by atoms with Gasteiger partial charge in [0.05, 0.1) is 18.8 Å². The Hall–Kier alpha value is -0.920. The highest BCUT2D eigenvalue weighted by Gasteiger charge is 2.51. The Balaban J connectivity index is 2.25. The Kier molecular flexibility index (Phi) is 45.6. The lowest BCUT2D eigenvalue weighted by atomic mass is 9.85. The zero-order valence-corrected chi connectivity index (χ0v) is 46.7. The summed E-state index contributed by atoms with van der Waals surface area (Å²) in [5.74, 6) is -0.334. The third-order valence-electron chi connectivity index (χ3n) is 14.8. The molecule has 0 spiro atoms. The molecule has 0 radical (unpaired) electrons. The van der Waals surface area contributed by atoms with Crippen LogP contribution in [0.15, 0.2) is 12.2 Å². The summed E-state index contributed by atoms with van der Waals surface area (Å²) >= 11 is 0. The van der Waals surface area contributed by atoms with E-state index in [0.717, 1.165) is 44.9 Å². The van der Waals surface area contributed by atoms with Crippen molar-refractivity contribution < 1.29 is 53.9 Å². The van der Waals surface area contributed by atoms with Gasteiger partial charge in [0.1, 0.15) is 36.6 Å². The van der Waals surface area contributed by atoms with Gasteiger partial charge in [0.25, 0.3) is 0 Å². The Morgan fingerprint density at radius 3 is 1.07 bits per heavy atom. The molecule has 0 aromatic carbocycles. The molecular formula is C58H114NO11P. The quantitative estimate of drug-likeness (QED) is 0.0163. The van der Waals surface area contributed by atoms with E-state index in [-0.39, 0.29) is 12.3 Å². The van der Waals surface area contributed by atoms with Gasteiger partial charge >= 0.3 is 7.82 Å². The molecule has 1 amide bonds. The molecule has 0 aromatic heterocycles. The summed E-state index contributed by atoms with van der Waals surface area (Å²) in [7, 11) is -5.08. The van der Waals surface area contributed by atoms with Crippen molar-refractivity contribution in [2.75, 3.05) is 6.61 Å². The Morgan fingerprint density at radius 2 is 0.746 bits per heavy atom. The van der Waals surface area contributed by atoms with Gasteiger partial charge in [-0.25, -0.2) is 4.57 Å². The molecule has 0 heterocycles. The molecule has 0 bridgehead atoms. The van der Waals surface area contributed by atoms with E-state index in [4.69, 9.17) is 9.05 Å². The molecule has 1 fully saturated rings. The van der Waals surface area contributed by atoms with Crippen LogP contribution in [-0.2, 0) is 18.4 Å². The average molecular weight is 1030 g/mol. The van der Waals surface area contributed by atoms with Crippen molar-refractivity contribution in [3.8, 4) is 0 Å². The minimum Gasteiger partial charge on any atom is -0.387 e. The molecule has 71 heavy (non-hydrogen) atoms.